The third-order valence-corrected chi connectivity index (χ3v) is 2.81. The average molecular weight is 228 g/mol. The minimum absolute atomic E-state index is 0.354. The number of nitrogens with one attached hydrogen (secondary N) is 1. The molecule has 0 aromatic carbocycles. The number of hydrogen-bond acceptors (Lipinski definition) is 3. The summed E-state index contributed by atoms with van der Waals surface area (Å²) in [7, 11) is 0. The van der Waals surface area contributed by atoms with Gasteiger partial charge in [-0.1, -0.05) is 6.42 Å². The summed E-state index contributed by atoms with van der Waals surface area (Å²) < 4.78 is 5.25. The first kappa shape index (κ1) is 13.3. The number of rotatable bonds is 1. The third kappa shape index (κ3) is 4.00. The standard InChI is InChI=1S/C12H24N2O2/c1-9-7-6-8-10(2)14(9)13-11(15)16-12(3,4)5/h9-10H,6-8H2,1-5H3,(H,13,15). The average Bonchev–Trinajstić information content (AvgIpc) is 2.08. The van der Waals surface area contributed by atoms with Gasteiger partial charge in [0.1, 0.15) is 5.60 Å². The largest absolute Gasteiger partial charge is 0.443 e. The van der Waals surface area contributed by atoms with E-state index in [1.807, 2.05) is 25.8 Å². The van der Waals surface area contributed by atoms with Gasteiger partial charge in [0.05, 0.1) is 0 Å². The van der Waals surface area contributed by atoms with E-state index in [0.29, 0.717) is 12.1 Å². The Balaban J connectivity index is 2.48. The zero-order valence-electron chi connectivity index (χ0n) is 11.0. The Bertz CT molecular complexity index is 238. The van der Waals surface area contributed by atoms with Gasteiger partial charge >= 0.3 is 6.09 Å². The van der Waals surface area contributed by atoms with Crippen molar-refractivity contribution < 1.29 is 9.53 Å². The summed E-state index contributed by atoms with van der Waals surface area (Å²) in [5.41, 5.74) is 2.41. The van der Waals surface area contributed by atoms with Crippen molar-refractivity contribution in [3.05, 3.63) is 0 Å². The van der Waals surface area contributed by atoms with Crippen LogP contribution in [0.2, 0.25) is 0 Å². The van der Waals surface area contributed by atoms with Crippen LogP contribution in [0.1, 0.15) is 53.9 Å². The van der Waals surface area contributed by atoms with Crippen LogP contribution in [0.4, 0.5) is 4.79 Å². The van der Waals surface area contributed by atoms with E-state index in [4.69, 9.17) is 4.74 Å². The van der Waals surface area contributed by atoms with Gasteiger partial charge in [-0.25, -0.2) is 9.80 Å². The van der Waals surface area contributed by atoms with Crippen LogP contribution >= 0.6 is 0 Å². The van der Waals surface area contributed by atoms with Crippen molar-refractivity contribution in [1.29, 1.82) is 0 Å². The summed E-state index contributed by atoms with van der Waals surface area (Å²) in [6, 6.07) is 0.771. The number of hydrogen-bond donors (Lipinski definition) is 1. The molecule has 1 aliphatic heterocycles. The maximum absolute atomic E-state index is 11.6. The van der Waals surface area contributed by atoms with Gasteiger partial charge in [0.15, 0.2) is 0 Å². The zero-order valence-corrected chi connectivity index (χ0v) is 11.0. The number of ether oxygens (including phenoxy) is 1. The van der Waals surface area contributed by atoms with Gasteiger partial charge in [0.2, 0.25) is 0 Å². The fourth-order valence-electron chi connectivity index (χ4n) is 2.05. The van der Waals surface area contributed by atoms with Crippen molar-refractivity contribution >= 4 is 6.09 Å². The normalized spacial score (nSPS) is 27.6. The lowest BCUT2D eigenvalue weighted by molar-refractivity contribution is 0.00305. The molecule has 16 heavy (non-hydrogen) atoms. The van der Waals surface area contributed by atoms with Gasteiger partial charge < -0.3 is 4.74 Å². The fraction of sp³-hybridized carbons (Fsp3) is 0.917. The molecule has 1 saturated heterocycles. The predicted octanol–water partition coefficient (Wildman–Crippen LogP) is 2.69. The van der Waals surface area contributed by atoms with Gasteiger partial charge in [0.25, 0.3) is 0 Å². The lowest BCUT2D eigenvalue weighted by Gasteiger charge is -2.38. The quantitative estimate of drug-likeness (QED) is 0.750. The Labute approximate surface area is 98.3 Å². The molecular formula is C12H24N2O2. The molecule has 0 aromatic heterocycles. The SMILES string of the molecule is CC1CCCC(C)N1NC(=O)OC(C)(C)C. The van der Waals surface area contributed by atoms with Crippen molar-refractivity contribution in [1.82, 2.24) is 10.4 Å². The topological polar surface area (TPSA) is 41.6 Å². The summed E-state index contributed by atoms with van der Waals surface area (Å²) in [4.78, 5) is 11.6. The Morgan fingerprint density at radius 1 is 1.25 bits per heavy atom. The highest BCUT2D eigenvalue weighted by Crippen LogP contribution is 2.20. The highest BCUT2D eigenvalue weighted by molar-refractivity contribution is 5.67. The maximum atomic E-state index is 11.6. The second kappa shape index (κ2) is 5.04. The van der Waals surface area contributed by atoms with Crippen LogP contribution in [-0.4, -0.2) is 28.8 Å². The lowest BCUT2D eigenvalue weighted by atomic mass is 10.00. The molecule has 1 aliphatic rings. The monoisotopic (exact) mass is 228 g/mol. The molecular weight excluding hydrogens is 204 g/mol. The van der Waals surface area contributed by atoms with E-state index in [2.05, 4.69) is 19.3 Å². The molecule has 0 bridgehead atoms. The number of carbonyl (C=O) groups excluding carboxylic acids is 1. The van der Waals surface area contributed by atoms with E-state index in [1.54, 1.807) is 0 Å². The van der Waals surface area contributed by atoms with E-state index in [1.165, 1.54) is 6.42 Å². The van der Waals surface area contributed by atoms with Crippen molar-refractivity contribution in [2.45, 2.75) is 71.6 Å². The molecule has 4 nitrogen and oxygen atoms in total. The van der Waals surface area contributed by atoms with Crippen molar-refractivity contribution in [2.24, 2.45) is 0 Å². The minimum Gasteiger partial charge on any atom is -0.443 e. The lowest BCUT2D eigenvalue weighted by Crippen LogP contribution is -2.55. The van der Waals surface area contributed by atoms with Crippen LogP contribution < -0.4 is 5.43 Å². The molecule has 0 spiro atoms. The Hall–Kier alpha value is -0.770. The van der Waals surface area contributed by atoms with Gasteiger partial charge in [0, 0.05) is 12.1 Å². The van der Waals surface area contributed by atoms with Crippen molar-refractivity contribution in [3.8, 4) is 0 Å². The molecule has 1 N–H and O–H groups in total. The first-order valence-electron chi connectivity index (χ1n) is 6.07. The summed E-state index contributed by atoms with van der Waals surface area (Å²) in [5, 5.41) is 2.01. The van der Waals surface area contributed by atoms with Crippen LogP contribution in [0.3, 0.4) is 0 Å². The summed E-state index contributed by atoms with van der Waals surface area (Å²) in [6.07, 6.45) is 3.13. The molecule has 0 saturated carbocycles. The van der Waals surface area contributed by atoms with Crippen LogP contribution in [-0.2, 0) is 4.74 Å². The summed E-state index contributed by atoms with van der Waals surface area (Å²) in [5.74, 6) is 0. The van der Waals surface area contributed by atoms with Crippen LogP contribution in [0.5, 0.6) is 0 Å². The van der Waals surface area contributed by atoms with Gasteiger partial charge in [-0.15, -0.1) is 0 Å². The molecule has 2 unspecified atom stereocenters. The van der Waals surface area contributed by atoms with E-state index in [9.17, 15) is 4.79 Å². The molecule has 4 heteroatoms. The first-order chi connectivity index (χ1) is 7.29. The second-order valence-electron chi connectivity index (χ2n) is 5.65. The number of piperidine rings is 1. The second-order valence-corrected chi connectivity index (χ2v) is 5.65. The highest BCUT2D eigenvalue weighted by atomic mass is 16.6. The summed E-state index contributed by atoms with van der Waals surface area (Å²) in [6.45, 7) is 9.88. The number of amides is 1. The van der Waals surface area contributed by atoms with E-state index in [-0.39, 0.29) is 6.09 Å². The number of nitrogens with zero attached hydrogens (tertiary/aromatic N) is 1. The Morgan fingerprint density at radius 3 is 2.19 bits per heavy atom. The molecule has 94 valence electrons. The summed E-state index contributed by atoms with van der Waals surface area (Å²) >= 11 is 0. The molecule has 1 rings (SSSR count). The highest BCUT2D eigenvalue weighted by Gasteiger charge is 2.27. The first-order valence-corrected chi connectivity index (χ1v) is 6.07. The van der Waals surface area contributed by atoms with Crippen LogP contribution in [0, 0.1) is 0 Å². The predicted molar refractivity (Wildman–Crippen MR) is 64.0 cm³/mol. The van der Waals surface area contributed by atoms with E-state index >= 15 is 0 Å². The Kier molecular flexibility index (Phi) is 4.19. The van der Waals surface area contributed by atoms with Gasteiger partial charge in [-0.05, 0) is 47.5 Å². The molecule has 0 aliphatic carbocycles. The molecule has 0 radical (unpaired) electrons. The zero-order chi connectivity index (χ0) is 12.3. The molecule has 0 aromatic rings. The maximum Gasteiger partial charge on any atom is 0.422 e. The third-order valence-electron chi connectivity index (χ3n) is 2.81. The van der Waals surface area contributed by atoms with Crippen LogP contribution in [0.25, 0.3) is 0 Å². The molecule has 1 heterocycles. The molecule has 2 atom stereocenters. The van der Waals surface area contributed by atoms with Crippen molar-refractivity contribution in [2.75, 3.05) is 0 Å². The smallest absolute Gasteiger partial charge is 0.422 e. The molecule has 1 fully saturated rings. The van der Waals surface area contributed by atoms with Gasteiger partial charge in [-0.3, -0.25) is 5.43 Å². The molecule has 1 amide bonds. The number of hydrazine groups is 1. The van der Waals surface area contributed by atoms with Crippen LogP contribution in [0.15, 0.2) is 0 Å². The fourth-order valence-corrected chi connectivity index (χ4v) is 2.05. The minimum atomic E-state index is -0.438. The van der Waals surface area contributed by atoms with Crippen molar-refractivity contribution in [3.63, 3.8) is 0 Å². The Morgan fingerprint density at radius 2 is 1.75 bits per heavy atom. The van der Waals surface area contributed by atoms with E-state index < -0.39 is 5.60 Å². The van der Waals surface area contributed by atoms with E-state index in [0.717, 1.165) is 12.8 Å². The number of carbonyl (C=O) groups is 1. The van der Waals surface area contributed by atoms with Gasteiger partial charge in [-0.2, -0.15) is 0 Å².